The van der Waals surface area contributed by atoms with Crippen LogP contribution in [0.25, 0.3) is 16.2 Å². The van der Waals surface area contributed by atoms with Gasteiger partial charge in [-0.05, 0) is 58.3 Å². The summed E-state index contributed by atoms with van der Waals surface area (Å²) in [5.41, 5.74) is -0.0641. The monoisotopic (exact) mass is 423 g/mol. The SMILES string of the molecule is CP(=O)(O)C(C(=O)N/C=C/c1ccc(F)cc1)c1csc2ccc(Cl)cc12. The van der Waals surface area contributed by atoms with Gasteiger partial charge < -0.3 is 10.2 Å². The Morgan fingerprint density at radius 2 is 2.00 bits per heavy atom. The van der Waals surface area contributed by atoms with Gasteiger partial charge in [0.15, 0.2) is 0 Å². The lowest BCUT2D eigenvalue weighted by Gasteiger charge is -2.18. The molecule has 1 amide bonds. The zero-order valence-corrected chi connectivity index (χ0v) is 16.7. The number of carbonyl (C=O) groups excluding carboxylic acids is 1. The van der Waals surface area contributed by atoms with Crippen LogP contribution < -0.4 is 5.32 Å². The topological polar surface area (TPSA) is 66.4 Å². The summed E-state index contributed by atoms with van der Waals surface area (Å²) in [6.45, 7) is 1.16. The molecule has 3 aromatic rings. The van der Waals surface area contributed by atoms with Gasteiger partial charge in [0, 0.05) is 22.6 Å². The second-order valence-corrected chi connectivity index (χ2v) is 9.82. The molecule has 3 rings (SSSR count). The number of carbonyl (C=O) groups is 1. The van der Waals surface area contributed by atoms with E-state index in [2.05, 4.69) is 5.32 Å². The van der Waals surface area contributed by atoms with E-state index in [1.54, 1.807) is 35.7 Å². The molecule has 0 aliphatic heterocycles. The first kappa shape index (κ1) is 19.8. The summed E-state index contributed by atoms with van der Waals surface area (Å²) in [6, 6.07) is 11.0. The van der Waals surface area contributed by atoms with Crippen LogP contribution in [0, 0.1) is 5.82 Å². The minimum atomic E-state index is -3.79. The van der Waals surface area contributed by atoms with Crippen LogP contribution in [0.5, 0.6) is 0 Å². The second kappa shape index (κ2) is 7.95. The van der Waals surface area contributed by atoms with Gasteiger partial charge in [-0.2, -0.15) is 0 Å². The average Bonchev–Trinajstić information content (AvgIpc) is 2.98. The quantitative estimate of drug-likeness (QED) is 0.538. The molecule has 2 N–H and O–H groups in total. The standard InChI is InChI=1S/C19H16ClFNO3PS/c1-26(24,25)18(16-11-27-17-7-4-13(20)10-15(16)17)19(23)22-9-8-12-2-5-14(21)6-3-12/h2-11,18H,1H3,(H,22,23)(H,24,25)/b9-8+. The van der Waals surface area contributed by atoms with Gasteiger partial charge >= 0.3 is 0 Å². The number of hydrogen-bond acceptors (Lipinski definition) is 3. The third-order valence-electron chi connectivity index (χ3n) is 3.96. The molecule has 2 atom stereocenters. The first-order valence-corrected chi connectivity index (χ1v) is 11.4. The van der Waals surface area contributed by atoms with Crippen LogP contribution >= 0.6 is 30.3 Å². The minimum absolute atomic E-state index is 0.355. The molecule has 0 bridgehead atoms. The molecular formula is C19H16ClFNO3PS. The van der Waals surface area contributed by atoms with Gasteiger partial charge in [-0.3, -0.25) is 9.36 Å². The smallest absolute Gasteiger partial charge is 0.241 e. The van der Waals surface area contributed by atoms with Gasteiger partial charge in [0.05, 0.1) is 0 Å². The first-order valence-electron chi connectivity index (χ1n) is 7.95. The molecular weight excluding hydrogens is 408 g/mol. The van der Waals surface area contributed by atoms with Crippen LogP contribution in [-0.4, -0.2) is 17.5 Å². The van der Waals surface area contributed by atoms with Crippen molar-refractivity contribution in [3.05, 3.63) is 76.0 Å². The van der Waals surface area contributed by atoms with E-state index < -0.39 is 18.9 Å². The Labute approximate surface area is 164 Å². The van der Waals surface area contributed by atoms with E-state index in [-0.39, 0.29) is 5.82 Å². The summed E-state index contributed by atoms with van der Waals surface area (Å²) < 4.78 is 26.3. The van der Waals surface area contributed by atoms with Crippen molar-refractivity contribution in [1.82, 2.24) is 5.32 Å². The molecule has 0 fully saturated rings. The molecule has 0 aliphatic carbocycles. The Balaban J connectivity index is 1.88. The predicted molar refractivity (Wildman–Crippen MR) is 109 cm³/mol. The lowest BCUT2D eigenvalue weighted by Crippen LogP contribution is -2.25. The van der Waals surface area contributed by atoms with Crippen LogP contribution in [0.4, 0.5) is 4.39 Å². The summed E-state index contributed by atoms with van der Waals surface area (Å²) in [6.07, 6.45) is 2.95. The number of thiophene rings is 1. The summed E-state index contributed by atoms with van der Waals surface area (Å²) in [5.74, 6) is -0.951. The van der Waals surface area contributed by atoms with Crippen LogP contribution in [0.15, 0.2) is 54.0 Å². The van der Waals surface area contributed by atoms with Crippen LogP contribution in [-0.2, 0) is 9.36 Å². The van der Waals surface area contributed by atoms with Gasteiger partial charge in [-0.15, -0.1) is 11.3 Å². The Hall–Kier alpha value is -1.98. The van der Waals surface area contributed by atoms with Crippen molar-refractivity contribution >= 4 is 52.4 Å². The fourth-order valence-corrected chi connectivity index (χ4v) is 5.20. The number of halogens is 2. The third-order valence-corrected chi connectivity index (χ3v) is 6.65. The lowest BCUT2D eigenvalue weighted by atomic mass is 10.1. The Morgan fingerprint density at radius 3 is 2.67 bits per heavy atom. The number of fused-ring (bicyclic) bond motifs is 1. The average molecular weight is 424 g/mol. The van der Waals surface area contributed by atoms with E-state index in [9.17, 15) is 18.6 Å². The van der Waals surface area contributed by atoms with Gasteiger partial charge in [0.1, 0.15) is 11.5 Å². The molecule has 0 saturated carbocycles. The van der Waals surface area contributed by atoms with E-state index in [1.807, 2.05) is 6.07 Å². The molecule has 0 spiro atoms. The number of nitrogens with one attached hydrogen (secondary N) is 1. The van der Waals surface area contributed by atoms with Crippen molar-refractivity contribution < 1.29 is 18.6 Å². The maximum Gasteiger partial charge on any atom is 0.241 e. The maximum absolute atomic E-state index is 12.9. The normalized spacial score (nSPS) is 15.0. The molecule has 1 aromatic heterocycles. The zero-order chi connectivity index (χ0) is 19.6. The fourth-order valence-electron chi connectivity index (χ4n) is 2.72. The van der Waals surface area contributed by atoms with Crippen LogP contribution in [0.3, 0.4) is 0 Å². The van der Waals surface area contributed by atoms with Crippen LogP contribution in [0.2, 0.25) is 5.02 Å². The van der Waals surface area contributed by atoms with Crippen molar-refractivity contribution in [1.29, 1.82) is 0 Å². The van der Waals surface area contributed by atoms with E-state index in [1.165, 1.54) is 29.7 Å². The van der Waals surface area contributed by atoms with E-state index in [4.69, 9.17) is 11.6 Å². The Kier molecular flexibility index (Phi) is 5.82. The van der Waals surface area contributed by atoms with Crippen molar-refractivity contribution in [2.75, 3.05) is 6.66 Å². The molecule has 0 saturated heterocycles. The lowest BCUT2D eigenvalue weighted by molar-refractivity contribution is -0.120. The van der Waals surface area contributed by atoms with E-state index >= 15 is 0 Å². The van der Waals surface area contributed by atoms with Gasteiger partial charge in [-0.25, -0.2) is 4.39 Å². The van der Waals surface area contributed by atoms with Gasteiger partial charge in [-0.1, -0.05) is 23.7 Å². The van der Waals surface area contributed by atoms with Crippen molar-refractivity contribution in [2.24, 2.45) is 0 Å². The summed E-state index contributed by atoms with van der Waals surface area (Å²) in [5, 5.41) is 5.43. The molecule has 27 heavy (non-hydrogen) atoms. The highest BCUT2D eigenvalue weighted by molar-refractivity contribution is 7.58. The van der Waals surface area contributed by atoms with Crippen LogP contribution in [0.1, 0.15) is 16.8 Å². The zero-order valence-electron chi connectivity index (χ0n) is 14.2. The van der Waals surface area contributed by atoms with Crippen molar-refractivity contribution in [2.45, 2.75) is 5.66 Å². The first-order chi connectivity index (χ1) is 12.8. The van der Waals surface area contributed by atoms with Gasteiger partial charge in [0.25, 0.3) is 0 Å². The summed E-state index contributed by atoms with van der Waals surface area (Å²) in [4.78, 5) is 22.9. The number of benzene rings is 2. The summed E-state index contributed by atoms with van der Waals surface area (Å²) in [7, 11) is -3.79. The highest BCUT2D eigenvalue weighted by Crippen LogP contribution is 2.54. The molecule has 0 radical (unpaired) electrons. The van der Waals surface area contributed by atoms with E-state index in [0.717, 1.165) is 11.4 Å². The molecule has 2 aromatic carbocycles. The maximum atomic E-state index is 12.9. The molecule has 140 valence electrons. The highest BCUT2D eigenvalue weighted by Gasteiger charge is 2.36. The Morgan fingerprint density at radius 1 is 1.30 bits per heavy atom. The van der Waals surface area contributed by atoms with Crippen molar-refractivity contribution in [3.8, 4) is 0 Å². The molecule has 1 heterocycles. The Bertz CT molecular complexity index is 1060. The highest BCUT2D eigenvalue weighted by atomic mass is 35.5. The fraction of sp³-hybridized carbons (Fsp3) is 0.105. The number of hydrogen-bond donors (Lipinski definition) is 2. The molecule has 0 aliphatic rings. The molecule has 4 nitrogen and oxygen atoms in total. The van der Waals surface area contributed by atoms with Gasteiger partial charge in [0.2, 0.25) is 13.3 Å². The number of rotatable bonds is 5. The second-order valence-electron chi connectivity index (χ2n) is 6.07. The largest absolute Gasteiger partial charge is 0.344 e. The summed E-state index contributed by atoms with van der Waals surface area (Å²) >= 11 is 7.43. The van der Waals surface area contributed by atoms with E-state index in [0.29, 0.717) is 21.5 Å². The third kappa shape index (κ3) is 4.66. The molecule has 8 heteroatoms. The minimum Gasteiger partial charge on any atom is -0.344 e. The predicted octanol–water partition coefficient (Wildman–Crippen LogP) is 5.42. The number of amides is 1. The van der Waals surface area contributed by atoms with Crippen molar-refractivity contribution in [3.63, 3.8) is 0 Å². The molecule has 2 unspecified atom stereocenters.